The van der Waals surface area contributed by atoms with Gasteiger partial charge in [-0.25, -0.2) is 8.42 Å². The van der Waals surface area contributed by atoms with Gasteiger partial charge in [-0.3, -0.25) is 0 Å². The van der Waals surface area contributed by atoms with Gasteiger partial charge in [0, 0.05) is 16.7 Å². The molecule has 0 saturated carbocycles. The maximum Gasteiger partial charge on any atom is 0.243 e. The first-order chi connectivity index (χ1) is 19.2. The summed E-state index contributed by atoms with van der Waals surface area (Å²) in [7, 11) is -5.92. The van der Waals surface area contributed by atoms with Gasteiger partial charge in [-0.05, 0) is 74.2 Å². The molecule has 1 fully saturated rings. The second-order valence-electron chi connectivity index (χ2n) is 13.0. The van der Waals surface area contributed by atoms with E-state index < -0.39 is 35.5 Å². The maximum absolute atomic E-state index is 14.4. The molecule has 1 aliphatic carbocycles. The molecule has 2 aliphatic heterocycles. The highest BCUT2D eigenvalue weighted by Crippen LogP contribution is 2.62. The first-order valence-electron chi connectivity index (χ1n) is 14.4. The van der Waals surface area contributed by atoms with E-state index in [2.05, 4.69) is 79.4 Å². The number of hydrogen-bond acceptors (Lipinski definition) is 5. The van der Waals surface area contributed by atoms with Gasteiger partial charge in [-0.15, -0.1) is 0 Å². The molecule has 222 valence electrons. The van der Waals surface area contributed by atoms with E-state index in [4.69, 9.17) is 9.16 Å². The van der Waals surface area contributed by atoms with Gasteiger partial charge in [-0.1, -0.05) is 84.7 Å². The zero-order valence-electron chi connectivity index (χ0n) is 25.3. The second kappa shape index (κ2) is 10.8. The normalized spacial score (nSPS) is 26.3. The van der Waals surface area contributed by atoms with Gasteiger partial charge in [0.15, 0.2) is 14.0 Å². The average molecular weight is 660 g/mol. The minimum atomic E-state index is -3.88. The molecule has 0 radical (unpaired) electrons. The van der Waals surface area contributed by atoms with E-state index in [9.17, 15) is 8.42 Å². The lowest BCUT2D eigenvalue weighted by atomic mass is 9.62. The maximum atomic E-state index is 14.4. The van der Waals surface area contributed by atoms with Crippen LogP contribution in [0.15, 0.2) is 75.6 Å². The molecule has 2 aromatic carbocycles. The van der Waals surface area contributed by atoms with Crippen molar-refractivity contribution in [3.63, 3.8) is 0 Å². The molecule has 0 spiro atoms. The van der Waals surface area contributed by atoms with Crippen molar-refractivity contribution in [2.45, 2.75) is 87.7 Å². The van der Waals surface area contributed by atoms with Crippen LogP contribution in [0.2, 0.25) is 18.1 Å². The van der Waals surface area contributed by atoms with Crippen LogP contribution in [0, 0.1) is 6.92 Å². The van der Waals surface area contributed by atoms with Crippen molar-refractivity contribution in [2.24, 2.45) is 0 Å². The third-order valence-corrected chi connectivity index (χ3v) is 16.8. The van der Waals surface area contributed by atoms with E-state index in [1.807, 2.05) is 38.1 Å². The molecule has 6 nitrogen and oxygen atoms in total. The van der Waals surface area contributed by atoms with E-state index >= 15 is 0 Å². The summed E-state index contributed by atoms with van der Waals surface area (Å²) in [6.45, 7) is 16.4. The number of rotatable bonds is 8. The van der Waals surface area contributed by atoms with Crippen LogP contribution in [0.4, 0.5) is 5.69 Å². The van der Waals surface area contributed by atoms with E-state index in [0.717, 1.165) is 27.7 Å². The Labute approximate surface area is 255 Å². The number of anilines is 1. The van der Waals surface area contributed by atoms with Crippen LogP contribution in [0.5, 0.6) is 0 Å². The molecule has 9 heteroatoms. The van der Waals surface area contributed by atoms with Crippen molar-refractivity contribution < 1.29 is 17.6 Å². The Kier molecular flexibility index (Phi) is 8.05. The Hall–Kier alpha value is -1.75. The Morgan fingerprint density at radius 2 is 1.88 bits per heavy atom. The molecule has 0 bridgehead atoms. The fraction of sp³-hybridized carbons (Fsp3) is 0.500. The number of fused-ring (bicyclic) bond motifs is 1. The monoisotopic (exact) mass is 658 g/mol. The summed E-state index contributed by atoms with van der Waals surface area (Å²) in [5, 5.41) is 3.84. The van der Waals surface area contributed by atoms with E-state index in [-0.39, 0.29) is 16.5 Å². The van der Waals surface area contributed by atoms with Crippen LogP contribution < -0.4 is 5.32 Å². The number of nitrogens with zero attached hydrogens (tertiary/aromatic N) is 1. The fourth-order valence-electron chi connectivity index (χ4n) is 6.37. The van der Waals surface area contributed by atoms with Crippen LogP contribution in [-0.4, -0.2) is 52.6 Å². The van der Waals surface area contributed by atoms with Gasteiger partial charge in [0.05, 0.1) is 29.6 Å². The van der Waals surface area contributed by atoms with Gasteiger partial charge in [0.2, 0.25) is 10.0 Å². The number of benzene rings is 2. The summed E-state index contributed by atoms with van der Waals surface area (Å²) in [6, 6.07) is 15.0. The van der Waals surface area contributed by atoms with Gasteiger partial charge >= 0.3 is 0 Å². The molecule has 3 atom stereocenters. The predicted octanol–water partition coefficient (Wildman–Crippen LogP) is 7.49. The van der Waals surface area contributed by atoms with Gasteiger partial charge in [0.1, 0.15) is 0 Å². The van der Waals surface area contributed by atoms with Crippen LogP contribution in [0.25, 0.3) is 0 Å². The second-order valence-corrected chi connectivity index (χ2v) is 20.8. The Morgan fingerprint density at radius 3 is 2.54 bits per heavy atom. The molecule has 2 aromatic rings. The largest absolute Gasteiger partial charge is 0.413 e. The van der Waals surface area contributed by atoms with Crippen molar-refractivity contribution >= 4 is 40.0 Å². The van der Waals surface area contributed by atoms with Gasteiger partial charge < -0.3 is 14.5 Å². The number of allylic oxidation sites excluding steroid dienone is 1. The van der Waals surface area contributed by atoms with Crippen LogP contribution >= 0.6 is 15.9 Å². The number of hydrogen-bond donors (Lipinski definition) is 1. The molecule has 41 heavy (non-hydrogen) atoms. The van der Waals surface area contributed by atoms with E-state index in [1.54, 1.807) is 16.4 Å². The summed E-state index contributed by atoms with van der Waals surface area (Å²) in [5.74, 6) is 0. The molecule has 0 aromatic heterocycles. The average Bonchev–Trinajstić information content (AvgIpc) is 3.44. The molecular formula is C32H43BrN2O4SSi. The summed E-state index contributed by atoms with van der Waals surface area (Å²) in [5.41, 5.74) is 2.85. The highest BCUT2D eigenvalue weighted by atomic mass is 79.9. The van der Waals surface area contributed by atoms with E-state index in [1.165, 1.54) is 5.57 Å². The summed E-state index contributed by atoms with van der Waals surface area (Å²) >= 11 is 3.63. The SMILES string of the molecule is C/C=C(\Br)CN([C@H]1CC=C(CO[Si](C)(C)C(C)(C)C)[C@@]23CCO[C@@]12Nc1ccccc13)S(=O)(=O)c1ccc(C)cc1. The third-order valence-electron chi connectivity index (χ3n) is 9.74. The molecule has 5 rings (SSSR count). The number of halogens is 1. The standard InChI is InChI=1S/C32H43BrN2O4SSi/c1-8-25(33)21-35(40(36,37)26-16-13-23(2)14-17-26)29-18-15-24(22-39-41(6,7)30(3,4)5)31-19-20-38-32(29,31)34-28-12-10-9-11-27(28)31/h8-17,29,34H,18-22H2,1-7H3/b25-8-/t29-,31+,32-/m0/s1. The Morgan fingerprint density at radius 1 is 1.20 bits per heavy atom. The van der Waals surface area contributed by atoms with Gasteiger partial charge in [0.25, 0.3) is 0 Å². The van der Waals surface area contributed by atoms with Crippen molar-refractivity contribution in [3.05, 3.63) is 81.9 Å². The molecule has 2 heterocycles. The molecule has 1 N–H and O–H groups in total. The quantitative estimate of drug-likeness (QED) is 0.235. The van der Waals surface area contributed by atoms with Crippen LogP contribution in [0.1, 0.15) is 51.7 Å². The summed E-state index contributed by atoms with van der Waals surface area (Å²) in [6.07, 6.45) is 5.42. The van der Waals surface area contributed by atoms with Crippen LogP contribution in [-0.2, 0) is 24.6 Å². The first kappa shape index (κ1) is 30.7. The molecule has 3 aliphatic rings. The zero-order chi connectivity index (χ0) is 29.8. The lowest BCUT2D eigenvalue weighted by molar-refractivity contribution is -0.0504. The number of aryl methyl sites for hydroxylation is 1. The van der Waals surface area contributed by atoms with Crippen molar-refractivity contribution in [3.8, 4) is 0 Å². The topological polar surface area (TPSA) is 67.9 Å². The molecule has 0 unspecified atom stereocenters. The van der Waals surface area contributed by atoms with Crippen molar-refractivity contribution in [2.75, 3.05) is 25.1 Å². The smallest absolute Gasteiger partial charge is 0.243 e. The number of ether oxygens (including phenoxy) is 1. The Bertz CT molecular complexity index is 1480. The first-order valence-corrected chi connectivity index (χ1v) is 19.6. The predicted molar refractivity (Wildman–Crippen MR) is 172 cm³/mol. The highest BCUT2D eigenvalue weighted by Gasteiger charge is 2.70. The Balaban J connectivity index is 1.66. The molecular weight excluding hydrogens is 616 g/mol. The highest BCUT2D eigenvalue weighted by molar-refractivity contribution is 9.11. The molecule has 0 amide bonds. The minimum Gasteiger partial charge on any atom is -0.413 e. The van der Waals surface area contributed by atoms with Crippen molar-refractivity contribution in [1.82, 2.24) is 4.31 Å². The van der Waals surface area contributed by atoms with E-state index in [0.29, 0.717) is 19.6 Å². The third kappa shape index (κ3) is 4.90. The minimum absolute atomic E-state index is 0.0786. The van der Waals surface area contributed by atoms with Gasteiger partial charge in [-0.2, -0.15) is 4.31 Å². The number of para-hydroxylation sites is 1. The summed E-state index contributed by atoms with van der Waals surface area (Å²) < 4.78 is 44.9. The zero-order valence-corrected chi connectivity index (χ0v) is 28.7. The summed E-state index contributed by atoms with van der Waals surface area (Å²) in [4.78, 5) is 0.283. The lowest BCUT2D eigenvalue weighted by Gasteiger charge is -2.52. The number of sulfonamides is 1. The van der Waals surface area contributed by atoms with Crippen molar-refractivity contribution in [1.29, 1.82) is 0 Å². The molecule has 1 saturated heterocycles. The number of nitrogens with one attached hydrogen (secondary N) is 1. The lowest BCUT2D eigenvalue weighted by Crippen LogP contribution is -2.67. The fourth-order valence-corrected chi connectivity index (χ4v) is 9.39. The van der Waals surface area contributed by atoms with Crippen LogP contribution in [0.3, 0.4) is 0 Å².